The molecule has 1 aliphatic rings. The van der Waals surface area contributed by atoms with Gasteiger partial charge >= 0.3 is 0 Å². The second-order valence-corrected chi connectivity index (χ2v) is 6.16. The van der Waals surface area contributed by atoms with E-state index in [-0.39, 0.29) is 11.9 Å². The van der Waals surface area contributed by atoms with Gasteiger partial charge in [-0.2, -0.15) is 0 Å². The van der Waals surface area contributed by atoms with Crippen molar-refractivity contribution in [3.63, 3.8) is 0 Å². The van der Waals surface area contributed by atoms with Crippen LogP contribution in [0.4, 0.5) is 4.39 Å². The number of nitrogens with zero attached hydrogens (tertiary/aromatic N) is 2. The molecule has 1 heterocycles. The zero-order chi connectivity index (χ0) is 15.2. The zero-order valence-electron chi connectivity index (χ0n) is 13.5. The Bertz CT molecular complexity index is 436. The molecule has 0 radical (unpaired) electrons. The number of nitrogens with one attached hydrogen (secondary N) is 1. The molecular formula is C17H28FN3. The number of likely N-dealkylation sites (N-methyl/N-ethyl adjacent to an activating group) is 1. The summed E-state index contributed by atoms with van der Waals surface area (Å²) in [6.07, 6.45) is 2.27. The van der Waals surface area contributed by atoms with Crippen LogP contribution >= 0.6 is 0 Å². The Kier molecular flexibility index (Phi) is 6.15. The molecule has 1 N–H and O–H groups in total. The minimum atomic E-state index is -0.149. The van der Waals surface area contributed by atoms with Gasteiger partial charge < -0.3 is 15.1 Å². The normalized spacial score (nSPS) is 21.1. The van der Waals surface area contributed by atoms with Crippen LogP contribution in [0.1, 0.15) is 31.4 Å². The number of hydrogen-bond acceptors (Lipinski definition) is 3. The van der Waals surface area contributed by atoms with E-state index in [1.807, 2.05) is 6.07 Å². The quantitative estimate of drug-likeness (QED) is 0.833. The molecule has 3 nitrogen and oxygen atoms in total. The summed E-state index contributed by atoms with van der Waals surface area (Å²) >= 11 is 0. The molecule has 1 aromatic rings. The fourth-order valence-corrected chi connectivity index (χ4v) is 3.10. The maximum absolute atomic E-state index is 13.4. The van der Waals surface area contributed by atoms with Crippen LogP contribution in [0.3, 0.4) is 0 Å². The summed E-state index contributed by atoms with van der Waals surface area (Å²) in [5.74, 6) is -0.149. The van der Waals surface area contributed by atoms with Gasteiger partial charge in [0.1, 0.15) is 5.82 Å². The Balaban J connectivity index is 1.89. The smallest absolute Gasteiger partial charge is 0.123 e. The highest BCUT2D eigenvalue weighted by Gasteiger charge is 2.24. The van der Waals surface area contributed by atoms with Gasteiger partial charge in [0, 0.05) is 25.2 Å². The van der Waals surface area contributed by atoms with Crippen LogP contribution < -0.4 is 5.32 Å². The lowest BCUT2D eigenvalue weighted by Crippen LogP contribution is -2.33. The summed E-state index contributed by atoms with van der Waals surface area (Å²) in [5.41, 5.74) is 1.06. The highest BCUT2D eigenvalue weighted by Crippen LogP contribution is 2.20. The monoisotopic (exact) mass is 293 g/mol. The summed E-state index contributed by atoms with van der Waals surface area (Å²) in [7, 11) is 4.31. The number of rotatable bonds is 7. The van der Waals surface area contributed by atoms with Gasteiger partial charge in [0.2, 0.25) is 0 Å². The second-order valence-electron chi connectivity index (χ2n) is 6.16. The third-order valence-electron chi connectivity index (χ3n) is 4.41. The van der Waals surface area contributed by atoms with E-state index < -0.39 is 0 Å². The highest BCUT2D eigenvalue weighted by atomic mass is 19.1. The molecule has 0 amide bonds. The van der Waals surface area contributed by atoms with E-state index in [0.29, 0.717) is 6.04 Å². The first-order chi connectivity index (χ1) is 10.1. The van der Waals surface area contributed by atoms with Crippen molar-refractivity contribution in [1.29, 1.82) is 0 Å². The van der Waals surface area contributed by atoms with Gasteiger partial charge in [0.15, 0.2) is 0 Å². The van der Waals surface area contributed by atoms with Crippen LogP contribution in [0.25, 0.3) is 0 Å². The lowest BCUT2D eigenvalue weighted by molar-refractivity contribution is 0.260. The molecule has 2 atom stereocenters. The topological polar surface area (TPSA) is 18.5 Å². The van der Waals surface area contributed by atoms with E-state index >= 15 is 0 Å². The molecule has 0 aliphatic carbocycles. The van der Waals surface area contributed by atoms with Gasteiger partial charge in [-0.25, -0.2) is 4.39 Å². The molecule has 4 heteroatoms. The maximum atomic E-state index is 13.4. The summed E-state index contributed by atoms with van der Waals surface area (Å²) in [5, 5.41) is 3.48. The van der Waals surface area contributed by atoms with Crippen LogP contribution in [0.15, 0.2) is 24.3 Å². The van der Waals surface area contributed by atoms with Crippen molar-refractivity contribution in [2.45, 2.75) is 31.8 Å². The van der Waals surface area contributed by atoms with Gasteiger partial charge in [0.25, 0.3) is 0 Å². The predicted molar refractivity (Wildman–Crippen MR) is 86.0 cm³/mol. The number of hydrogen-bond donors (Lipinski definition) is 1. The zero-order valence-corrected chi connectivity index (χ0v) is 13.5. The lowest BCUT2D eigenvalue weighted by Gasteiger charge is -2.23. The fourth-order valence-electron chi connectivity index (χ4n) is 3.10. The minimum absolute atomic E-state index is 0.149. The van der Waals surface area contributed by atoms with Gasteiger partial charge in [-0.1, -0.05) is 19.1 Å². The maximum Gasteiger partial charge on any atom is 0.123 e. The Hall–Kier alpha value is -0.970. The minimum Gasteiger partial charge on any atom is -0.310 e. The molecule has 21 heavy (non-hydrogen) atoms. The molecule has 1 aromatic carbocycles. The first-order valence-corrected chi connectivity index (χ1v) is 7.97. The first kappa shape index (κ1) is 16.4. The summed E-state index contributed by atoms with van der Waals surface area (Å²) < 4.78 is 13.4. The van der Waals surface area contributed by atoms with Crippen LogP contribution in [0.5, 0.6) is 0 Å². The largest absolute Gasteiger partial charge is 0.310 e. The van der Waals surface area contributed by atoms with Crippen molar-refractivity contribution in [3.05, 3.63) is 35.6 Å². The molecule has 1 fully saturated rings. The lowest BCUT2D eigenvalue weighted by atomic mass is 10.0. The van der Waals surface area contributed by atoms with Gasteiger partial charge in [-0.05, 0) is 57.7 Å². The molecular weight excluding hydrogens is 265 g/mol. The molecule has 0 bridgehead atoms. The summed E-state index contributed by atoms with van der Waals surface area (Å²) in [6.45, 7) is 6.39. The summed E-state index contributed by atoms with van der Waals surface area (Å²) in [4.78, 5) is 4.84. The van der Waals surface area contributed by atoms with E-state index in [0.717, 1.165) is 31.6 Å². The van der Waals surface area contributed by atoms with Crippen molar-refractivity contribution >= 4 is 0 Å². The first-order valence-electron chi connectivity index (χ1n) is 7.97. The van der Waals surface area contributed by atoms with E-state index in [4.69, 9.17) is 0 Å². The van der Waals surface area contributed by atoms with Crippen LogP contribution in [0, 0.1) is 5.82 Å². The highest BCUT2D eigenvalue weighted by molar-refractivity contribution is 5.20. The van der Waals surface area contributed by atoms with Crippen molar-refractivity contribution in [2.75, 3.05) is 40.3 Å². The van der Waals surface area contributed by atoms with Gasteiger partial charge in [0.05, 0.1) is 0 Å². The van der Waals surface area contributed by atoms with E-state index in [2.05, 4.69) is 36.1 Å². The molecule has 0 spiro atoms. The van der Waals surface area contributed by atoms with Gasteiger partial charge in [-0.3, -0.25) is 0 Å². The second kappa shape index (κ2) is 7.87. The fraction of sp³-hybridized carbons (Fsp3) is 0.647. The van der Waals surface area contributed by atoms with Crippen molar-refractivity contribution in [1.82, 2.24) is 15.1 Å². The predicted octanol–water partition coefficient (Wildman–Crippen LogP) is 2.50. The van der Waals surface area contributed by atoms with E-state index in [1.54, 1.807) is 12.1 Å². The van der Waals surface area contributed by atoms with Crippen molar-refractivity contribution in [2.24, 2.45) is 0 Å². The third-order valence-corrected chi connectivity index (χ3v) is 4.41. The average Bonchev–Trinajstić information content (AvgIpc) is 2.92. The molecule has 0 saturated carbocycles. The van der Waals surface area contributed by atoms with Crippen LogP contribution in [-0.4, -0.2) is 56.1 Å². The number of likely N-dealkylation sites (tertiary alicyclic amines) is 1. The molecule has 2 rings (SSSR count). The Morgan fingerprint density at radius 3 is 2.86 bits per heavy atom. The molecule has 118 valence electrons. The van der Waals surface area contributed by atoms with E-state index in [1.165, 1.54) is 19.0 Å². The Morgan fingerprint density at radius 2 is 2.24 bits per heavy atom. The van der Waals surface area contributed by atoms with Crippen LogP contribution in [0.2, 0.25) is 0 Å². The molecule has 2 unspecified atom stereocenters. The number of halogens is 1. The standard InChI is InChI=1S/C17H28FN3/c1-4-19-17(14-6-5-7-15(18)12-14)9-11-21-10-8-16(13-21)20(2)3/h5-7,12,16-17,19H,4,8-11,13H2,1-3H3. The molecule has 1 aliphatic heterocycles. The third kappa shape index (κ3) is 4.77. The van der Waals surface area contributed by atoms with Gasteiger partial charge in [-0.15, -0.1) is 0 Å². The van der Waals surface area contributed by atoms with Crippen molar-refractivity contribution in [3.8, 4) is 0 Å². The van der Waals surface area contributed by atoms with E-state index in [9.17, 15) is 4.39 Å². The number of benzene rings is 1. The molecule has 1 saturated heterocycles. The van der Waals surface area contributed by atoms with Crippen molar-refractivity contribution < 1.29 is 4.39 Å². The molecule has 0 aromatic heterocycles. The average molecular weight is 293 g/mol. The Morgan fingerprint density at radius 1 is 1.43 bits per heavy atom. The SMILES string of the molecule is CCNC(CCN1CCC(N(C)C)C1)c1cccc(F)c1. The Labute approximate surface area is 128 Å². The summed E-state index contributed by atoms with van der Waals surface area (Å²) in [6, 6.07) is 7.89. The van der Waals surface area contributed by atoms with Crippen LogP contribution in [-0.2, 0) is 0 Å².